The molecule has 1 saturated carbocycles. The molecule has 206 valence electrons. The predicted octanol–water partition coefficient (Wildman–Crippen LogP) is 4.26. The number of rotatable bonds is 2. The summed E-state index contributed by atoms with van der Waals surface area (Å²) >= 11 is 9.40. The molecule has 0 unspecified atom stereocenters. The number of carbonyl (C=O) groups is 5. The first-order chi connectivity index (χ1) is 18.9. The SMILES string of the molecule is C[C@@]12C(=O)N(c3ccc(F)c(Cl)c3)C(=O)[C@@H]1C[C@@H]1C(=CC[C@@H]3C(=O)N(C(N)=O)C(=O)[C@@H]31)[C@@H]2c1cc(Br)ccc1O. The van der Waals surface area contributed by atoms with Crippen molar-refractivity contribution in [2.75, 3.05) is 4.90 Å². The zero-order chi connectivity index (χ0) is 28.8. The Bertz CT molecular complexity index is 1600. The van der Waals surface area contributed by atoms with Crippen molar-refractivity contribution in [2.45, 2.75) is 25.7 Å². The summed E-state index contributed by atoms with van der Waals surface area (Å²) in [5.41, 5.74) is 5.02. The van der Waals surface area contributed by atoms with E-state index in [2.05, 4.69) is 15.9 Å². The van der Waals surface area contributed by atoms with Gasteiger partial charge in [0.1, 0.15) is 11.6 Å². The lowest BCUT2D eigenvalue weighted by atomic mass is 9.51. The summed E-state index contributed by atoms with van der Waals surface area (Å²) in [6.45, 7) is 1.65. The number of likely N-dealkylation sites (tertiary alicyclic amines) is 1. The average molecular weight is 631 g/mol. The van der Waals surface area contributed by atoms with Gasteiger partial charge in [-0.15, -0.1) is 0 Å². The van der Waals surface area contributed by atoms with E-state index in [1.165, 1.54) is 18.2 Å². The van der Waals surface area contributed by atoms with Crippen molar-refractivity contribution in [3.05, 3.63) is 68.9 Å². The second-order valence-electron chi connectivity index (χ2n) is 10.8. The highest BCUT2D eigenvalue weighted by Crippen LogP contribution is 2.64. The van der Waals surface area contributed by atoms with Crippen LogP contribution in [-0.2, 0) is 19.2 Å². The van der Waals surface area contributed by atoms with Gasteiger partial charge in [0.05, 0.1) is 33.9 Å². The number of anilines is 1. The fourth-order valence-electron chi connectivity index (χ4n) is 7.20. The van der Waals surface area contributed by atoms with Crippen LogP contribution in [0.15, 0.2) is 52.5 Å². The van der Waals surface area contributed by atoms with Gasteiger partial charge in [0.25, 0.3) is 0 Å². The Morgan fingerprint density at radius 1 is 1.10 bits per heavy atom. The summed E-state index contributed by atoms with van der Waals surface area (Å²) in [6, 6.07) is 7.13. The summed E-state index contributed by atoms with van der Waals surface area (Å²) in [6.07, 6.45) is 1.94. The number of primary amides is 1. The molecule has 6 rings (SSSR count). The van der Waals surface area contributed by atoms with Gasteiger partial charge in [-0.3, -0.25) is 19.2 Å². The summed E-state index contributed by atoms with van der Waals surface area (Å²) in [4.78, 5) is 68.1. The van der Waals surface area contributed by atoms with Crippen molar-refractivity contribution in [3.8, 4) is 5.75 Å². The molecule has 0 spiro atoms. The Balaban J connectivity index is 1.55. The summed E-state index contributed by atoms with van der Waals surface area (Å²) in [5, 5.41) is 10.7. The van der Waals surface area contributed by atoms with E-state index < -0.39 is 70.5 Å². The molecular weight excluding hydrogens is 609 g/mol. The molecule has 0 aromatic heterocycles. The Morgan fingerprint density at radius 2 is 1.82 bits per heavy atom. The van der Waals surface area contributed by atoms with Crippen molar-refractivity contribution >= 4 is 62.9 Å². The largest absolute Gasteiger partial charge is 0.508 e. The molecule has 4 aliphatic rings. The minimum Gasteiger partial charge on any atom is -0.508 e. The quantitative estimate of drug-likeness (QED) is 0.376. The van der Waals surface area contributed by atoms with Crippen molar-refractivity contribution in [2.24, 2.45) is 34.8 Å². The number of nitrogens with zero attached hydrogens (tertiary/aromatic N) is 2. The number of phenols is 1. The van der Waals surface area contributed by atoms with Crippen LogP contribution in [0.2, 0.25) is 5.02 Å². The van der Waals surface area contributed by atoms with Gasteiger partial charge < -0.3 is 10.8 Å². The number of allylic oxidation sites excluding steroid dienone is 2. The standard InChI is InChI=1S/C28H22BrClFN3O6/c1-28-17(24(37)33(26(28)39)12-3-6-19(31)18(30)9-12)10-15-13(22(28)16-8-11(29)2-7-20(16)35)4-5-14-21(15)25(38)34(23(14)36)27(32)40/h2-4,6-9,14-15,17,21-22,35H,5,10H2,1H3,(H2,32,40)/t14-,15+,17-,21-,22+,28+/m0/s1. The number of nitrogens with two attached hydrogens (primary N) is 1. The first-order valence-electron chi connectivity index (χ1n) is 12.6. The number of aromatic hydroxyl groups is 1. The molecule has 12 heteroatoms. The van der Waals surface area contributed by atoms with Crippen LogP contribution in [-0.4, -0.2) is 39.7 Å². The number of halogens is 3. The fraction of sp³-hybridized carbons (Fsp3) is 0.321. The maximum atomic E-state index is 14.3. The third kappa shape index (κ3) is 3.46. The second kappa shape index (κ2) is 8.97. The summed E-state index contributed by atoms with van der Waals surface area (Å²) in [7, 11) is 0. The van der Waals surface area contributed by atoms with E-state index in [4.69, 9.17) is 17.3 Å². The number of imide groups is 4. The number of benzene rings is 2. The smallest absolute Gasteiger partial charge is 0.328 e. The van der Waals surface area contributed by atoms with E-state index in [-0.39, 0.29) is 29.3 Å². The van der Waals surface area contributed by atoms with Crippen LogP contribution in [0.4, 0.5) is 14.9 Å². The molecule has 3 N–H and O–H groups in total. The van der Waals surface area contributed by atoms with Crippen LogP contribution in [0.25, 0.3) is 0 Å². The van der Waals surface area contributed by atoms with E-state index in [1.54, 1.807) is 25.1 Å². The molecule has 2 saturated heterocycles. The average Bonchev–Trinajstić information content (AvgIpc) is 3.27. The molecule has 6 atom stereocenters. The molecule has 2 heterocycles. The third-order valence-corrected chi connectivity index (χ3v) is 9.74. The van der Waals surface area contributed by atoms with Gasteiger partial charge in [0, 0.05) is 16.0 Å². The van der Waals surface area contributed by atoms with Crippen LogP contribution in [0.5, 0.6) is 5.75 Å². The van der Waals surface area contributed by atoms with Crippen molar-refractivity contribution in [1.29, 1.82) is 0 Å². The van der Waals surface area contributed by atoms with Gasteiger partial charge >= 0.3 is 6.03 Å². The molecule has 0 radical (unpaired) electrons. The van der Waals surface area contributed by atoms with Crippen molar-refractivity contribution in [1.82, 2.24) is 4.90 Å². The van der Waals surface area contributed by atoms with Gasteiger partial charge in [-0.25, -0.2) is 14.1 Å². The lowest BCUT2D eigenvalue weighted by Gasteiger charge is -2.49. The number of phenolic OH excluding ortho intramolecular Hbond substituents is 1. The topological polar surface area (TPSA) is 138 Å². The van der Waals surface area contributed by atoms with E-state index >= 15 is 0 Å². The highest BCUT2D eigenvalue weighted by molar-refractivity contribution is 9.10. The molecule has 40 heavy (non-hydrogen) atoms. The third-order valence-electron chi connectivity index (χ3n) is 8.96. The van der Waals surface area contributed by atoms with Gasteiger partial charge in [0.15, 0.2) is 0 Å². The molecule has 2 aliphatic carbocycles. The first-order valence-corrected chi connectivity index (χ1v) is 13.7. The molecule has 3 fully saturated rings. The summed E-state index contributed by atoms with van der Waals surface area (Å²) in [5.74, 6) is -7.72. The molecule has 2 aromatic rings. The fourth-order valence-corrected chi connectivity index (χ4v) is 7.76. The van der Waals surface area contributed by atoms with Crippen LogP contribution in [0, 0.1) is 34.9 Å². The lowest BCUT2D eigenvalue weighted by molar-refractivity contribution is -0.136. The first kappa shape index (κ1) is 26.6. The molecule has 2 aliphatic heterocycles. The minimum absolute atomic E-state index is 0.0381. The van der Waals surface area contributed by atoms with Crippen molar-refractivity contribution in [3.63, 3.8) is 0 Å². The molecule has 6 amide bonds. The monoisotopic (exact) mass is 629 g/mol. The lowest BCUT2D eigenvalue weighted by Crippen LogP contribution is -2.49. The van der Waals surface area contributed by atoms with E-state index in [1.807, 2.05) is 0 Å². The van der Waals surface area contributed by atoms with E-state index in [0.29, 0.717) is 20.5 Å². The van der Waals surface area contributed by atoms with E-state index in [0.717, 1.165) is 11.0 Å². The number of amides is 6. The highest BCUT2D eigenvalue weighted by atomic mass is 79.9. The molecule has 9 nitrogen and oxygen atoms in total. The van der Waals surface area contributed by atoms with Gasteiger partial charge in [-0.2, -0.15) is 4.90 Å². The Morgan fingerprint density at radius 3 is 2.50 bits per heavy atom. The van der Waals surface area contributed by atoms with Crippen LogP contribution in [0.1, 0.15) is 31.2 Å². The normalized spacial score (nSPS) is 31.2. The van der Waals surface area contributed by atoms with Crippen molar-refractivity contribution < 1.29 is 33.5 Å². The molecular formula is C28H22BrClFN3O6. The van der Waals surface area contributed by atoms with Crippen LogP contribution < -0.4 is 10.6 Å². The van der Waals surface area contributed by atoms with Gasteiger partial charge in [-0.1, -0.05) is 39.2 Å². The Labute approximate surface area is 240 Å². The zero-order valence-corrected chi connectivity index (χ0v) is 23.3. The predicted molar refractivity (Wildman–Crippen MR) is 143 cm³/mol. The van der Waals surface area contributed by atoms with Crippen LogP contribution >= 0.6 is 27.5 Å². The van der Waals surface area contributed by atoms with Gasteiger partial charge in [0.2, 0.25) is 23.6 Å². The Hall–Kier alpha value is -3.57. The molecule has 2 aromatic carbocycles. The number of fused-ring (bicyclic) bond motifs is 4. The second-order valence-corrected chi connectivity index (χ2v) is 12.1. The maximum Gasteiger partial charge on any atom is 0.328 e. The number of hydrogen-bond acceptors (Lipinski definition) is 6. The number of carbonyl (C=O) groups excluding carboxylic acids is 5. The van der Waals surface area contributed by atoms with E-state index in [9.17, 15) is 33.5 Å². The molecule has 0 bridgehead atoms. The van der Waals surface area contributed by atoms with Gasteiger partial charge in [-0.05, 0) is 62.1 Å². The number of urea groups is 1. The highest BCUT2D eigenvalue weighted by Gasteiger charge is 2.68. The summed E-state index contributed by atoms with van der Waals surface area (Å²) < 4.78 is 14.6. The maximum absolute atomic E-state index is 14.3. The number of hydrogen-bond donors (Lipinski definition) is 2. The zero-order valence-electron chi connectivity index (χ0n) is 20.9. The Kier molecular flexibility index (Phi) is 5.97. The minimum atomic E-state index is -1.42. The van der Waals surface area contributed by atoms with Crippen LogP contribution in [0.3, 0.4) is 0 Å².